The van der Waals surface area contributed by atoms with Crippen molar-refractivity contribution in [3.63, 3.8) is 0 Å². The molecule has 0 bridgehead atoms. The van der Waals surface area contributed by atoms with Crippen LogP contribution >= 0.6 is 0 Å². The zero-order valence-electron chi connectivity index (χ0n) is 25.9. The predicted molar refractivity (Wildman–Crippen MR) is 176 cm³/mol. The Hall–Kier alpha value is -4.51. The largest absolute Gasteiger partial charge is 0.456 e. The summed E-state index contributed by atoms with van der Waals surface area (Å²) in [6.07, 6.45) is 0.377. The lowest BCUT2D eigenvalue weighted by molar-refractivity contribution is 0.0945. The van der Waals surface area contributed by atoms with Gasteiger partial charge >= 0.3 is 0 Å². The number of aliphatic hydroxyl groups is 1. The maximum atomic E-state index is 13.8. The molecule has 0 radical (unpaired) electrons. The van der Waals surface area contributed by atoms with Crippen molar-refractivity contribution < 1.29 is 28.0 Å². The molecule has 2 aromatic heterocycles. The first kappa shape index (κ1) is 30.2. The van der Waals surface area contributed by atoms with Gasteiger partial charge in [0.15, 0.2) is 11.5 Å². The number of fused-ring (bicyclic) bond motifs is 3. The molecule has 0 saturated heterocycles. The smallest absolute Gasteiger partial charge is 0.270 e. The Bertz CT molecular complexity index is 1950. The zero-order valence-corrected chi connectivity index (χ0v) is 26.7. The summed E-state index contributed by atoms with van der Waals surface area (Å²) >= 11 is 0. The Morgan fingerprint density at radius 3 is 2.61 bits per heavy atom. The van der Waals surface area contributed by atoms with E-state index in [1.807, 2.05) is 97.9 Å². The molecule has 5 aromatic rings. The highest BCUT2D eigenvalue weighted by atomic mass is 32.2. The average Bonchev–Trinajstić information content (AvgIpc) is 3.79. The number of aliphatic hydroxyl groups excluding tert-OH is 1. The van der Waals surface area contributed by atoms with Gasteiger partial charge in [-0.3, -0.25) is 4.79 Å². The molecule has 0 fully saturated rings. The Labute approximate surface area is 269 Å². The van der Waals surface area contributed by atoms with Gasteiger partial charge in [0.05, 0.1) is 16.5 Å². The number of rotatable bonds is 8. The molecule has 9 nitrogen and oxygen atoms in total. The summed E-state index contributed by atoms with van der Waals surface area (Å²) in [5, 5.41) is 14.1. The van der Waals surface area contributed by atoms with Crippen molar-refractivity contribution in [1.82, 2.24) is 14.6 Å². The molecule has 2 aliphatic rings. The molecule has 4 heterocycles. The van der Waals surface area contributed by atoms with Crippen molar-refractivity contribution in [3.8, 4) is 34.1 Å². The van der Waals surface area contributed by atoms with Crippen LogP contribution in [0.4, 0.5) is 0 Å². The molecule has 2 atom stereocenters. The number of nitrogens with zero attached hydrogens (tertiary/aromatic N) is 2. The Morgan fingerprint density at radius 2 is 1.80 bits per heavy atom. The number of para-hydroxylation sites is 1. The number of hydrogen-bond donors (Lipinski definition) is 2. The van der Waals surface area contributed by atoms with Crippen molar-refractivity contribution in [2.45, 2.75) is 51.1 Å². The first-order chi connectivity index (χ1) is 22.2. The van der Waals surface area contributed by atoms with E-state index in [4.69, 9.17) is 18.9 Å². The Balaban J connectivity index is 1.29. The number of carbonyl (C=O) groups is 1. The second-order valence-corrected chi connectivity index (χ2v) is 14.7. The quantitative estimate of drug-likeness (QED) is 0.199. The number of carbonyl (C=O) groups excluding carboxylic acids is 1. The first-order valence-corrected chi connectivity index (χ1v) is 16.4. The minimum atomic E-state index is -1.37. The first-order valence-electron chi connectivity index (χ1n) is 15.3. The highest BCUT2D eigenvalue weighted by Crippen LogP contribution is 2.44. The highest BCUT2D eigenvalue weighted by molar-refractivity contribution is 7.84. The molecular formula is C36H35N3O6S. The van der Waals surface area contributed by atoms with E-state index >= 15 is 0 Å². The van der Waals surface area contributed by atoms with Crippen LogP contribution in [-0.4, -0.2) is 42.7 Å². The molecule has 0 aliphatic carbocycles. The lowest BCUT2D eigenvalue weighted by atomic mass is 9.95. The summed E-state index contributed by atoms with van der Waals surface area (Å²) in [7, 11) is -1.37. The molecule has 1 unspecified atom stereocenters. The van der Waals surface area contributed by atoms with E-state index in [0.717, 1.165) is 44.5 Å². The van der Waals surface area contributed by atoms with E-state index in [1.165, 1.54) is 0 Å². The normalized spacial score (nSPS) is 16.5. The molecule has 7 rings (SSSR count). The van der Waals surface area contributed by atoms with Crippen LogP contribution in [0.15, 0.2) is 83.3 Å². The average molecular weight is 638 g/mol. The fraction of sp³-hybridized carbons (Fsp3) is 0.278. The summed E-state index contributed by atoms with van der Waals surface area (Å²) in [6.45, 7) is 6.55. The summed E-state index contributed by atoms with van der Waals surface area (Å²) in [5.74, 6) is 1.72. The lowest BCUT2D eigenvalue weighted by Gasteiger charge is -2.30. The molecule has 0 saturated carbocycles. The number of amides is 1. The summed E-state index contributed by atoms with van der Waals surface area (Å²) < 4.78 is 32.2. The van der Waals surface area contributed by atoms with E-state index in [2.05, 4.69) is 5.32 Å². The Morgan fingerprint density at radius 1 is 1.00 bits per heavy atom. The predicted octanol–water partition coefficient (Wildman–Crippen LogP) is 6.52. The molecular weight excluding hydrogens is 602 g/mol. The van der Waals surface area contributed by atoms with Crippen LogP contribution in [0.3, 0.4) is 0 Å². The van der Waals surface area contributed by atoms with Gasteiger partial charge in [0, 0.05) is 41.8 Å². The van der Waals surface area contributed by atoms with Gasteiger partial charge < -0.3 is 24.3 Å². The second kappa shape index (κ2) is 12.0. The third-order valence-corrected chi connectivity index (χ3v) is 10.1. The van der Waals surface area contributed by atoms with E-state index in [9.17, 15) is 14.1 Å². The van der Waals surface area contributed by atoms with Crippen molar-refractivity contribution in [2.75, 3.05) is 13.4 Å². The van der Waals surface area contributed by atoms with E-state index < -0.39 is 15.7 Å². The van der Waals surface area contributed by atoms with Gasteiger partial charge in [0.2, 0.25) is 6.79 Å². The molecule has 1 amide bonds. The van der Waals surface area contributed by atoms with Gasteiger partial charge in [-0.2, -0.15) is 0 Å². The molecule has 2 aliphatic heterocycles. The van der Waals surface area contributed by atoms with Crippen LogP contribution in [-0.2, 0) is 24.1 Å². The van der Waals surface area contributed by atoms with Crippen LogP contribution < -0.4 is 14.8 Å². The summed E-state index contributed by atoms with van der Waals surface area (Å²) in [4.78, 5) is 18.6. The number of aromatic nitrogens is 1. The van der Waals surface area contributed by atoms with Gasteiger partial charge in [0.1, 0.15) is 28.0 Å². The number of ether oxygens (including phenoxy) is 2. The SMILES string of the molecule is CC(C)(C)[S@@](=O)N1Cc2cc(C(=O)NCc3ccc4c(c3)OCO4)nc(-c3cccc(-c4cc5ccccc5o4)c3)c2C1CCO. The standard InChI is InChI=1S/C36H35N3O6S/c1-36(2,3)46(42)39-20-26-17-27(35(41)37-19-22-11-12-30-32(15-22)44-21-43-30)38-34(33(26)28(39)13-14-40)25-9-6-8-23(16-25)31-18-24-7-4-5-10-29(24)45-31/h4-12,15-18,28,40H,13-14,19-21H2,1-3H3,(H,37,41)/t28?,46-/m1/s1. The van der Waals surface area contributed by atoms with Crippen LogP contribution in [0.5, 0.6) is 11.5 Å². The minimum Gasteiger partial charge on any atom is -0.456 e. The van der Waals surface area contributed by atoms with Crippen molar-refractivity contribution >= 4 is 27.9 Å². The molecule has 2 N–H and O–H groups in total. The Kier molecular flexibility index (Phi) is 7.88. The fourth-order valence-corrected chi connectivity index (χ4v) is 7.48. The van der Waals surface area contributed by atoms with Gasteiger partial charge in [-0.05, 0) is 74.7 Å². The number of furan rings is 1. The monoisotopic (exact) mass is 637 g/mol. The number of pyridine rings is 1. The van der Waals surface area contributed by atoms with Gasteiger partial charge in [-0.1, -0.05) is 42.5 Å². The van der Waals surface area contributed by atoms with Crippen LogP contribution in [0.25, 0.3) is 33.6 Å². The molecule has 46 heavy (non-hydrogen) atoms. The van der Waals surface area contributed by atoms with Crippen molar-refractivity contribution in [2.24, 2.45) is 0 Å². The number of nitrogens with one attached hydrogen (secondary N) is 1. The van der Waals surface area contributed by atoms with Gasteiger partial charge in [0.25, 0.3) is 5.91 Å². The maximum absolute atomic E-state index is 13.8. The molecule has 0 spiro atoms. The van der Waals surface area contributed by atoms with Gasteiger partial charge in [-0.15, -0.1) is 0 Å². The summed E-state index contributed by atoms with van der Waals surface area (Å²) in [5.41, 5.74) is 5.95. The van der Waals surface area contributed by atoms with E-state index in [-0.39, 0.29) is 37.6 Å². The maximum Gasteiger partial charge on any atom is 0.270 e. The lowest BCUT2D eigenvalue weighted by Crippen LogP contribution is -2.36. The molecule has 236 valence electrons. The van der Waals surface area contributed by atoms with Gasteiger partial charge in [-0.25, -0.2) is 13.5 Å². The fourth-order valence-electron chi connectivity index (χ4n) is 6.07. The topological polar surface area (TPSA) is 114 Å². The highest BCUT2D eigenvalue weighted by Gasteiger charge is 2.40. The van der Waals surface area contributed by atoms with E-state index in [0.29, 0.717) is 30.2 Å². The van der Waals surface area contributed by atoms with Crippen molar-refractivity contribution in [3.05, 3.63) is 101 Å². The molecule has 3 aromatic carbocycles. The zero-order chi connectivity index (χ0) is 32.0. The third-order valence-electron chi connectivity index (χ3n) is 8.26. The summed E-state index contributed by atoms with van der Waals surface area (Å²) in [6, 6.07) is 24.8. The third kappa shape index (κ3) is 5.68. The van der Waals surface area contributed by atoms with E-state index in [1.54, 1.807) is 6.07 Å². The van der Waals surface area contributed by atoms with Crippen LogP contribution in [0.2, 0.25) is 0 Å². The second-order valence-electron chi connectivity index (χ2n) is 12.5. The van der Waals surface area contributed by atoms with Crippen LogP contribution in [0.1, 0.15) is 60.4 Å². The number of benzene rings is 3. The van der Waals surface area contributed by atoms with Crippen LogP contribution in [0, 0.1) is 0 Å². The minimum absolute atomic E-state index is 0.0851. The molecule has 10 heteroatoms. The number of hydrogen-bond acceptors (Lipinski definition) is 7. The van der Waals surface area contributed by atoms with Crippen molar-refractivity contribution in [1.29, 1.82) is 0 Å².